The molecule has 0 aliphatic heterocycles. The summed E-state index contributed by atoms with van der Waals surface area (Å²) in [7, 11) is 9.59. The van der Waals surface area contributed by atoms with Crippen molar-refractivity contribution in [3.63, 3.8) is 0 Å². The predicted molar refractivity (Wildman–Crippen MR) is 313 cm³/mol. The highest BCUT2D eigenvalue weighted by Crippen LogP contribution is 2.81. The summed E-state index contributed by atoms with van der Waals surface area (Å²) in [6.45, 7) is 47.3. The minimum absolute atomic E-state index is 0.143. The molecule has 10 fully saturated rings. The van der Waals surface area contributed by atoms with Gasteiger partial charge in [-0.2, -0.15) is 0 Å². The van der Waals surface area contributed by atoms with Gasteiger partial charge in [0.2, 0.25) is 0 Å². The Hall–Kier alpha value is -1.66. The van der Waals surface area contributed by atoms with Crippen molar-refractivity contribution in [3.8, 4) is 0 Å². The molecule has 6 heteroatoms. The average Bonchev–Trinajstić information content (AvgIpc) is 4.00. The third-order valence-electron chi connectivity index (χ3n) is 32.2. The van der Waals surface area contributed by atoms with Crippen LogP contribution in [0.15, 0.2) is 24.3 Å². The van der Waals surface area contributed by atoms with Crippen LogP contribution in [-0.4, -0.2) is 83.5 Å². The van der Waals surface area contributed by atoms with Crippen LogP contribution in [0, 0.1) is 113 Å². The van der Waals surface area contributed by atoms with E-state index in [0.717, 1.165) is 62.4 Å². The van der Waals surface area contributed by atoms with Gasteiger partial charge in [0.25, 0.3) is 0 Å². The van der Waals surface area contributed by atoms with E-state index < -0.39 is 23.0 Å². The van der Waals surface area contributed by atoms with E-state index in [1.165, 1.54) is 114 Å². The van der Waals surface area contributed by atoms with E-state index in [1.54, 1.807) is 0 Å². The third-order valence-corrected chi connectivity index (χ3v) is 32.2. The topological polar surface area (TPSA) is 74.6 Å². The minimum Gasteiger partial charge on any atom is -0.481 e. The molecule has 10 rings (SSSR count). The summed E-state index contributed by atoms with van der Waals surface area (Å²) in [6.07, 6.45) is 25.3. The highest BCUT2D eigenvalue weighted by molar-refractivity contribution is 5.69. The van der Waals surface area contributed by atoms with Gasteiger partial charge in [0.05, 0.1) is 28.2 Å². The molecule has 0 amide bonds. The first-order chi connectivity index (χ1) is 34.8. The fraction of sp³-hybridized carbons (Fsp3) is 0.914. The number of quaternary nitrogens is 2. The molecule has 10 aliphatic carbocycles. The van der Waals surface area contributed by atoms with Gasteiger partial charge in [-0.3, -0.25) is 9.59 Å². The van der Waals surface area contributed by atoms with E-state index in [2.05, 4.69) is 138 Å². The molecule has 0 radical (unpaired) electrons. The van der Waals surface area contributed by atoms with Gasteiger partial charge < -0.3 is 19.2 Å². The lowest BCUT2D eigenvalue weighted by atomic mass is 9.31. The maximum atomic E-state index is 13.6. The zero-order valence-corrected chi connectivity index (χ0v) is 52.8. The van der Waals surface area contributed by atoms with Gasteiger partial charge in [-0.25, -0.2) is 0 Å². The van der Waals surface area contributed by atoms with Crippen LogP contribution in [0.2, 0.25) is 0 Å². The van der Waals surface area contributed by atoms with E-state index in [9.17, 15) is 19.8 Å². The van der Waals surface area contributed by atoms with Crippen LogP contribution in [0.25, 0.3) is 0 Å². The van der Waals surface area contributed by atoms with Gasteiger partial charge in [0.15, 0.2) is 0 Å². The first-order valence-corrected chi connectivity index (χ1v) is 32.2. The van der Waals surface area contributed by atoms with Crippen molar-refractivity contribution >= 4 is 11.9 Å². The number of carboxylic acids is 2. The summed E-state index contributed by atoms with van der Waals surface area (Å²) in [5.41, 5.74) is 3.76. The highest BCUT2D eigenvalue weighted by Gasteiger charge is 2.77. The Morgan fingerprint density at radius 2 is 0.763 bits per heavy atom. The van der Waals surface area contributed by atoms with Crippen molar-refractivity contribution in [2.75, 3.05) is 41.3 Å². The largest absolute Gasteiger partial charge is 0.481 e. The Balaban J connectivity index is 0.923. The van der Waals surface area contributed by atoms with Crippen molar-refractivity contribution in [1.29, 1.82) is 0 Å². The Labute approximate surface area is 466 Å². The maximum absolute atomic E-state index is 13.6. The van der Waals surface area contributed by atoms with E-state index in [4.69, 9.17) is 0 Å². The van der Waals surface area contributed by atoms with Gasteiger partial charge in [-0.15, -0.1) is 0 Å². The van der Waals surface area contributed by atoms with E-state index in [-0.39, 0.29) is 45.3 Å². The molecule has 0 aromatic heterocycles. The Morgan fingerprint density at radius 3 is 1.08 bits per heavy atom. The summed E-state index contributed by atoms with van der Waals surface area (Å²) >= 11 is 0. The first-order valence-electron chi connectivity index (χ1n) is 32.2. The van der Waals surface area contributed by atoms with Gasteiger partial charge in [0, 0.05) is 23.7 Å². The molecule has 0 aromatic rings. The Morgan fingerprint density at radius 1 is 0.421 bits per heavy atom. The summed E-state index contributed by atoms with van der Waals surface area (Å²) in [5.74, 6) is 5.12. The molecule has 10 aliphatic rings. The Bertz CT molecular complexity index is 2220. The number of carbonyl (C=O) groups is 2. The lowest BCUT2D eigenvalue weighted by Gasteiger charge is -2.75. The van der Waals surface area contributed by atoms with Crippen LogP contribution in [0.1, 0.15) is 238 Å². The van der Waals surface area contributed by atoms with Crippen LogP contribution in [0.4, 0.5) is 0 Å². The summed E-state index contributed by atoms with van der Waals surface area (Å²) in [4.78, 5) is 27.2. The molecule has 6 nitrogen and oxygen atoms in total. The van der Waals surface area contributed by atoms with Gasteiger partial charge in [0.1, 0.15) is 37.0 Å². The number of hydrogen-bond acceptors (Lipinski definition) is 2. The quantitative estimate of drug-likeness (QED) is 0.160. The van der Waals surface area contributed by atoms with Gasteiger partial charge in [-0.1, -0.05) is 107 Å². The molecular formula is C70H118N2O4+2. The van der Waals surface area contributed by atoms with Crippen LogP contribution in [0.3, 0.4) is 0 Å². The number of carboxylic acid groups (broad SMARTS) is 2. The molecule has 430 valence electrons. The second-order valence-electron chi connectivity index (χ2n) is 35.1. The van der Waals surface area contributed by atoms with Crippen molar-refractivity contribution in [2.24, 2.45) is 113 Å². The summed E-state index contributed by atoms with van der Waals surface area (Å²) in [5, 5.41) is 22.4. The van der Waals surface area contributed by atoms with E-state index in [1.807, 2.05) is 0 Å². The number of fused-ring (bicyclic) bond motifs is 14. The molecule has 0 saturated heterocycles. The van der Waals surface area contributed by atoms with Crippen LogP contribution in [0.5, 0.6) is 0 Å². The second kappa shape index (κ2) is 17.4. The molecule has 0 spiro atoms. The number of allylic oxidation sites excluding steroid dienone is 2. The second-order valence-corrected chi connectivity index (χ2v) is 35.1. The van der Waals surface area contributed by atoms with E-state index >= 15 is 0 Å². The van der Waals surface area contributed by atoms with Crippen LogP contribution < -0.4 is 0 Å². The van der Waals surface area contributed by atoms with Gasteiger partial charge >= 0.3 is 11.9 Å². The standard InChI is InChI=1S/C70H116N2O4/c1-45(2)47-25-29-61(9)33-37-65(13)49(57(47)61)21-23-53-63(11)35-39-69(43-55(73)74,59(5,6)51(63)27-31-67(53,65)15)71(17,18)41-42-72(19,20)70(44-56(75)76)40-36-64(12)52(60(70,7)8)28-32-68(16)54(64)24-22-50-58-48(46(3)4)26-30-62(58,10)34-38-66(50,68)14/h47-54,57-58H,1,3,21-44H2,2,4-20H3/p+2/t47-,48-,49+,50+,51-,52-,53?,54?,57+,58+,61+,62+,63-,64-,65+,66+,67+,68+,69?,70?/m0/s1. The summed E-state index contributed by atoms with van der Waals surface area (Å²) < 4.78 is 1.31. The number of nitrogens with zero attached hydrogens (tertiary/aromatic N) is 2. The minimum atomic E-state index is -0.664. The van der Waals surface area contributed by atoms with Crippen molar-refractivity contribution in [2.45, 2.75) is 249 Å². The molecule has 76 heavy (non-hydrogen) atoms. The molecule has 0 heterocycles. The third kappa shape index (κ3) is 7.12. The number of aliphatic carboxylic acids is 2. The number of hydrogen-bond donors (Lipinski definition) is 2. The zero-order chi connectivity index (χ0) is 56.1. The fourth-order valence-electron chi connectivity index (χ4n) is 27.7. The lowest BCUT2D eigenvalue weighted by Crippen LogP contribution is -2.78. The fourth-order valence-corrected chi connectivity index (χ4v) is 27.7. The maximum Gasteiger partial charge on any atom is 0.309 e. The van der Waals surface area contributed by atoms with Crippen molar-refractivity contribution in [1.82, 2.24) is 0 Å². The monoisotopic (exact) mass is 1050 g/mol. The Kier molecular flexibility index (Phi) is 13.2. The molecule has 0 aromatic carbocycles. The highest BCUT2D eigenvalue weighted by atomic mass is 16.4. The molecular weight excluding hydrogens is 933 g/mol. The molecule has 10 saturated carbocycles. The molecule has 4 unspecified atom stereocenters. The zero-order valence-electron chi connectivity index (χ0n) is 52.8. The number of rotatable bonds is 11. The first kappa shape index (κ1) is 57.6. The molecule has 2 N–H and O–H groups in total. The lowest BCUT2D eigenvalue weighted by molar-refractivity contribution is -1.00. The number of likely N-dealkylation sites (N-methyl/N-ethyl adjacent to an activating group) is 2. The molecule has 0 bridgehead atoms. The van der Waals surface area contributed by atoms with Crippen molar-refractivity contribution < 1.29 is 28.8 Å². The molecule has 20 atom stereocenters. The van der Waals surface area contributed by atoms with Crippen molar-refractivity contribution in [3.05, 3.63) is 24.3 Å². The SMILES string of the molecule is C=C(C)[C@@H]1CC[C@]2(C)CC[C@]3(C)[C@H](CCC4[C@@]5(C)CCC(CC(=O)O)([N+](C)(C)CC[N+](C)(C)C6(CC(=O)O)CC[C@]7(C)C8CC[C@@H]9[C@H]%10[C@H](C(=C)C)CC[C@]%10(C)CC[C@@]9(C)[C@]8(C)CC[C@H]7C6(C)C)C(C)(C)[C@@H]5CC[C@]43C)[C@@H]12. The predicted octanol–water partition coefficient (Wildman–Crippen LogP) is 16.9. The van der Waals surface area contributed by atoms with Gasteiger partial charge in [-0.05, 0) is 232 Å². The smallest absolute Gasteiger partial charge is 0.309 e. The van der Waals surface area contributed by atoms with Crippen LogP contribution in [-0.2, 0) is 9.59 Å². The van der Waals surface area contributed by atoms with Crippen LogP contribution >= 0.6 is 0 Å². The van der Waals surface area contributed by atoms with E-state index in [0.29, 0.717) is 66.1 Å². The summed E-state index contributed by atoms with van der Waals surface area (Å²) in [6, 6.07) is 0. The normalized spacial score (nSPS) is 52.0. The average molecular weight is 1050 g/mol.